The quantitative estimate of drug-likeness (QED) is 0.521. The SMILES string of the molecule is CC1=C(C(=O)OC(C)(C)C)[C@@H](c2cccc([N+](=O)[O-])c2)CC(=O)N1. The lowest BCUT2D eigenvalue weighted by Crippen LogP contribution is -2.36. The number of non-ortho nitro benzene ring substituents is 1. The lowest BCUT2D eigenvalue weighted by molar-refractivity contribution is -0.384. The van der Waals surface area contributed by atoms with Gasteiger partial charge in [0.2, 0.25) is 5.91 Å². The maximum atomic E-state index is 12.6. The fourth-order valence-corrected chi connectivity index (χ4v) is 2.64. The lowest BCUT2D eigenvalue weighted by atomic mass is 9.84. The van der Waals surface area contributed by atoms with Crippen molar-refractivity contribution < 1.29 is 19.2 Å². The predicted octanol–water partition coefficient (Wildman–Crippen LogP) is 2.81. The van der Waals surface area contributed by atoms with Gasteiger partial charge in [-0.25, -0.2) is 4.79 Å². The molecule has 1 aliphatic rings. The summed E-state index contributed by atoms with van der Waals surface area (Å²) in [5.41, 5.74) is 0.514. The second-order valence-corrected chi connectivity index (χ2v) is 6.70. The standard InChI is InChI=1S/C17H20N2O5/c1-10-15(16(21)24-17(2,3)4)13(9-14(20)18-10)11-6-5-7-12(8-11)19(22)23/h5-8,13H,9H2,1-4H3,(H,18,20)/t13-/m1/s1. The molecule has 1 N–H and O–H groups in total. The van der Waals surface area contributed by atoms with Crippen molar-refractivity contribution in [1.29, 1.82) is 0 Å². The van der Waals surface area contributed by atoms with Gasteiger partial charge in [0.1, 0.15) is 5.60 Å². The smallest absolute Gasteiger partial charge is 0.336 e. The number of nitro groups is 1. The number of allylic oxidation sites excluding steroid dienone is 1. The van der Waals surface area contributed by atoms with E-state index in [1.165, 1.54) is 12.1 Å². The van der Waals surface area contributed by atoms with Gasteiger partial charge in [-0.3, -0.25) is 14.9 Å². The van der Waals surface area contributed by atoms with E-state index in [-0.39, 0.29) is 18.0 Å². The molecule has 1 heterocycles. The van der Waals surface area contributed by atoms with E-state index in [2.05, 4.69) is 5.32 Å². The summed E-state index contributed by atoms with van der Waals surface area (Å²) >= 11 is 0. The third-order valence-corrected chi connectivity index (χ3v) is 3.57. The van der Waals surface area contributed by atoms with Gasteiger partial charge in [-0.2, -0.15) is 0 Å². The van der Waals surface area contributed by atoms with Crippen molar-refractivity contribution in [2.45, 2.75) is 45.6 Å². The Kier molecular flexibility index (Phi) is 4.73. The molecular weight excluding hydrogens is 312 g/mol. The topological polar surface area (TPSA) is 98.5 Å². The number of nitrogens with one attached hydrogen (secondary N) is 1. The molecule has 0 aromatic heterocycles. The Labute approximate surface area is 139 Å². The van der Waals surface area contributed by atoms with Crippen molar-refractivity contribution in [1.82, 2.24) is 5.32 Å². The van der Waals surface area contributed by atoms with Gasteiger partial charge < -0.3 is 10.1 Å². The number of hydrogen-bond acceptors (Lipinski definition) is 5. The van der Waals surface area contributed by atoms with Crippen LogP contribution in [0.3, 0.4) is 0 Å². The first-order valence-corrected chi connectivity index (χ1v) is 7.57. The largest absolute Gasteiger partial charge is 0.457 e. The van der Waals surface area contributed by atoms with Crippen molar-refractivity contribution in [3.05, 3.63) is 51.2 Å². The maximum Gasteiger partial charge on any atom is 0.336 e. The first-order chi connectivity index (χ1) is 11.1. The monoisotopic (exact) mass is 332 g/mol. The van der Waals surface area contributed by atoms with Gasteiger partial charge in [-0.05, 0) is 33.3 Å². The number of rotatable bonds is 3. The Balaban J connectivity index is 2.47. The number of benzene rings is 1. The number of ether oxygens (including phenoxy) is 1. The molecule has 1 atom stereocenters. The highest BCUT2D eigenvalue weighted by Crippen LogP contribution is 2.35. The summed E-state index contributed by atoms with van der Waals surface area (Å²) in [6, 6.07) is 5.98. The van der Waals surface area contributed by atoms with Crippen LogP contribution in [0.4, 0.5) is 5.69 Å². The summed E-state index contributed by atoms with van der Waals surface area (Å²) < 4.78 is 5.43. The summed E-state index contributed by atoms with van der Waals surface area (Å²) in [6.07, 6.45) is 0.0348. The fourth-order valence-electron chi connectivity index (χ4n) is 2.64. The molecule has 1 aliphatic heterocycles. The molecule has 0 spiro atoms. The van der Waals surface area contributed by atoms with Crippen molar-refractivity contribution in [3.63, 3.8) is 0 Å². The van der Waals surface area contributed by atoms with Gasteiger partial charge in [0, 0.05) is 30.2 Å². The maximum absolute atomic E-state index is 12.6. The van der Waals surface area contributed by atoms with Gasteiger partial charge in [-0.1, -0.05) is 12.1 Å². The zero-order chi connectivity index (χ0) is 18.1. The minimum atomic E-state index is -0.681. The molecule has 1 aromatic rings. The van der Waals surface area contributed by atoms with Crippen LogP contribution in [0.15, 0.2) is 35.5 Å². The molecular formula is C17H20N2O5. The Morgan fingerprint density at radius 2 is 2.04 bits per heavy atom. The van der Waals surface area contributed by atoms with E-state index in [0.717, 1.165) is 0 Å². The van der Waals surface area contributed by atoms with E-state index in [1.54, 1.807) is 39.8 Å². The number of nitro benzene ring substituents is 1. The van der Waals surface area contributed by atoms with E-state index < -0.39 is 22.4 Å². The minimum Gasteiger partial charge on any atom is -0.457 e. The summed E-state index contributed by atoms with van der Waals surface area (Å²) in [7, 11) is 0. The van der Waals surface area contributed by atoms with E-state index in [1.807, 2.05) is 0 Å². The van der Waals surface area contributed by atoms with Gasteiger partial charge in [0.05, 0.1) is 10.5 Å². The van der Waals surface area contributed by atoms with Crippen LogP contribution in [0.25, 0.3) is 0 Å². The summed E-state index contributed by atoms with van der Waals surface area (Å²) in [5.74, 6) is -1.35. The average molecular weight is 332 g/mol. The van der Waals surface area contributed by atoms with Crippen LogP contribution in [0, 0.1) is 10.1 Å². The molecule has 7 nitrogen and oxygen atoms in total. The van der Waals surface area contributed by atoms with Crippen LogP contribution in [0.5, 0.6) is 0 Å². The Bertz CT molecular complexity index is 731. The van der Waals surface area contributed by atoms with Gasteiger partial charge in [-0.15, -0.1) is 0 Å². The van der Waals surface area contributed by atoms with Crippen molar-refractivity contribution in [2.24, 2.45) is 0 Å². The van der Waals surface area contributed by atoms with Crippen LogP contribution in [-0.2, 0) is 14.3 Å². The first kappa shape index (κ1) is 17.7. The molecule has 0 radical (unpaired) electrons. The number of hydrogen-bond donors (Lipinski definition) is 1. The fraction of sp³-hybridized carbons (Fsp3) is 0.412. The minimum absolute atomic E-state index is 0.0348. The highest BCUT2D eigenvalue weighted by molar-refractivity contribution is 5.96. The Morgan fingerprint density at radius 1 is 1.38 bits per heavy atom. The molecule has 7 heteroatoms. The molecule has 0 saturated carbocycles. The van der Waals surface area contributed by atoms with Crippen LogP contribution >= 0.6 is 0 Å². The summed E-state index contributed by atoms with van der Waals surface area (Å²) in [4.78, 5) is 35.0. The molecule has 2 rings (SSSR count). The van der Waals surface area contributed by atoms with E-state index in [4.69, 9.17) is 4.74 Å². The van der Waals surface area contributed by atoms with Crippen molar-refractivity contribution >= 4 is 17.6 Å². The van der Waals surface area contributed by atoms with Crippen LogP contribution < -0.4 is 5.32 Å². The zero-order valence-electron chi connectivity index (χ0n) is 14.1. The molecule has 0 saturated heterocycles. The summed E-state index contributed by atoms with van der Waals surface area (Å²) in [5, 5.41) is 13.6. The van der Waals surface area contributed by atoms with Crippen molar-refractivity contribution in [2.75, 3.05) is 0 Å². The van der Waals surface area contributed by atoms with E-state index >= 15 is 0 Å². The molecule has 0 unspecified atom stereocenters. The van der Waals surface area contributed by atoms with E-state index in [9.17, 15) is 19.7 Å². The van der Waals surface area contributed by atoms with E-state index in [0.29, 0.717) is 16.8 Å². The highest BCUT2D eigenvalue weighted by atomic mass is 16.6. The van der Waals surface area contributed by atoms with Crippen LogP contribution in [0.2, 0.25) is 0 Å². The van der Waals surface area contributed by atoms with Crippen LogP contribution in [-0.4, -0.2) is 22.4 Å². The summed E-state index contributed by atoms with van der Waals surface area (Å²) in [6.45, 7) is 6.89. The number of amides is 1. The zero-order valence-corrected chi connectivity index (χ0v) is 14.1. The average Bonchev–Trinajstić information content (AvgIpc) is 2.44. The molecule has 1 aromatic carbocycles. The van der Waals surface area contributed by atoms with Gasteiger partial charge in [0.15, 0.2) is 0 Å². The molecule has 0 aliphatic carbocycles. The predicted molar refractivity (Wildman–Crippen MR) is 87.1 cm³/mol. The molecule has 1 amide bonds. The third-order valence-electron chi connectivity index (χ3n) is 3.57. The third kappa shape index (κ3) is 3.98. The molecule has 128 valence electrons. The lowest BCUT2D eigenvalue weighted by Gasteiger charge is -2.29. The van der Waals surface area contributed by atoms with Crippen LogP contribution in [0.1, 0.15) is 45.6 Å². The number of carbonyl (C=O) groups is 2. The normalized spacial score (nSPS) is 18.2. The molecule has 0 bridgehead atoms. The van der Waals surface area contributed by atoms with Gasteiger partial charge in [0.25, 0.3) is 5.69 Å². The number of carbonyl (C=O) groups excluding carboxylic acids is 2. The first-order valence-electron chi connectivity index (χ1n) is 7.57. The number of nitrogens with zero attached hydrogens (tertiary/aromatic N) is 1. The molecule has 0 fully saturated rings. The van der Waals surface area contributed by atoms with Gasteiger partial charge >= 0.3 is 5.97 Å². The highest BCUT2D eigenvalue weighted by Gasteiger charge is 2.34. The number of esters is 1. The Hall–Kier alpha value is -2.70. The Morgan fingerprint density at radius 3 is 2.62 bits per heavy atom. The second-order valence-electron chi connectivity index (χ2n) is 6.70. The second kappa shape index (κ2) is 6.43. The van der Waals surface area contributed by atoms with Crippen molar-refractivity contribution in [3.8, 4) is 0 Å². The molecule has 24 heavy (non-hydrogen) atoms.